The lowest BCUT2D eigenvalue weighted by Gasteiger charge is -1.96. The minimum atomic E-state index is 0.206. The van der Waals surface area contributed by atoms with Crippen LogP contribution in [0.25, 0.3) is 12.2 Å². The number of hydrogen-bond donors (Lipinski definition) is 0. The number of benzene rings is 1. The summed E-state index contributed by atoms with van der Waals surface area (Å²) in [6.07, 6.45) is 5.75. The molecule has 0 atom stereocenters. The molecule has 0 bridgehead atoms. The van der Waals surface area contributed by atoms with Gasteiger partial charge in [-0.15, -0.1) is 11.3 Å². The van der Waals surface area contributed by atoms with Crippen LogP contribution in [0.2, 0.25) is 0 Å². The highest BCUT2D eigenvalue weighted by atomic mass is 32.1. The van der Waals surface area contributed by atoms with Crippen LogP contribution in [0.15, 0.2) is 59.0 Å². The Labute approximate surface area is 116 Å². The summed E-state index contributed by atoms with van der Waals surface area (Å²) in [4.78, 5) is 13.5. The first-order chi connectivity index (χ1) is 9.33. The summed E-state index contributed by atoms with van der Waals surface area (Å²) >= 11 is 1.67. The van der Waals surface area contributed by atoms with Crippen LogP contribution < -0.4 is 0 Å². The standard InChI is InChI=1S/C17H14OS/c18-17-14(11-13-5-2-1-3-6-13)8-9-15(17)12-16-7-4-10-19-16/h1-7,10-12H,8-9H2. The fourth-order valence-corrected chi connectivity index (χ4v) is 2.96. The smallest absolute Gasteiger partial charge is 0.185 e. The van der Waals surface area contributed by atoms with E-state index in [0.29, 0.717) is 0 Å². The van der Waals surface area contributed by atoms with Gasteiger partial charge in [-0.1, -0.05) is 36.4 Å². The Morgan fingerprint density at radius 3 is 2.32 bits per heavy atom. The van der Waals surface area contributed by atoms with Gasteiger partial charge < -0.3 is 0 Å². The molecular formula is C17H14OS. The van der Waals surface area contributed by atoms with Crippen molar-refractivity contribution in [2.45, 2.75) is 12.8 Å². The molecule has 1 saturated carbocycles. The summed E-state index contributed by atoms with van der Waals surface area (Å²) in [5.74, 6) is 0.206. The Morgan fingerprint density at radius 2 is 1.63 bits per heavy atom. The molecule has 2 aromatic rings. The zero-order valence-electron chi connectivity index (χ0n) is 10.5. The zero-order chi connectivity index (χ0) is 13.1. The molecule has 1 aliphatic carbocycles. The number of thiophene rings is 1. The van der Waals surface area contributed by atoms with Crippen molar-refractivity contribution < 1.29 is 4.79 Å². The number of rotatable bonds is 2. The lowest BCUT2D eigenvalue weighted by atomic mass is 10.1. The Morgan fingerprint density at radius 1 is 0.895 bits per heavy atom. The molecule has 1 heterocycles. The minimum absolute atomic E-state index is 0.206. The van der Waals surface area contributed by atoms with Crippen molar-refractivity contribution in [2.75, 3.05) is 0 Å². The maximum Gasteiger partial charge on any atom is 0.185 e. The first kappa shape index (κ1) is 12.1. The van der Waals surface area contributed by atoms with Crippen LogP contribution in [0.3, 0.4) is 0 Å². The van der Waals surface area contributed by atoms with Crippen molar-refractivity contribution in [3.63, 3.8) is 0 Å². The number of carbonyl (C=O) groups excluding carboxylic acids is 1. The van der Waals surface area contributed by atoms with E-state index in [-0.39, 0.29) is 5.78 Å². The Bertz CT molecular complexity index is 633. The normalized spacial score (nSPS) is 19.5. The van der Waals surface area contributed by atoms with Gasteiger partial charge in [0.1, 0.15) is 0 Å². The first-order valence-corrected chi connectivity index (χ1v) is 7.25. The molecule has 0 aliphatic heterocycles. The SMILES string of the molecule is O=C1C(=Cc2ccccc2)CCC1=Cc1cccs1. The molecule has 3 rings (SSSR count). The predicted molar refractivity (Wildman–Crippen MR) is 81.0 cm³/mol. The summed E-state index contributed by atoms with van der Waals surface area (Å²) in [5.41, 5.74) is 2.96. The second-order valence-electron chi connectivity index (χ2n) is 4.59. The van der Waals surface area contributed by atoms with Crippen LogP contribution in [0.4, 0.5) is 0 Å². The zero-order valence-corrected chi connectivity index (χ0v) is 11.3. The molecule has 1 aliphatic rings. The van der Waals surface area contributed by atoms with Gasteiger partial charge in [0.2, 0.25) is 0 Å². The van der Waals surface area contributed by atoms with Crippen LogP contribution in [-0.2, 0) is 4.79 Å². The predicted octanol–water partition coefficient (Wildman–Crippen LogP) is 4.58. The molecule has 0 radical (unpaired) electrons. The van der Waals surface area contributed by atoms with Crippen molar-refractivity contribution in [3.8, 4) is 0 Å². The van der Waals surface area contributed by atoms with Crippen LogP contribution in [0.5, 0.6) is 0 Å². The summed E-state index contributed by atoms with van der Waals surface area (Å²) < 4.78 is 0. The van der Waals surface area contributed by atoms with Gasteiger partial charge in [0.15, 0.2) is 5.78 Å². The van der Waals surface area contributed by atoms with Crippen molar-refractivity contribution in [1.29, 1.82) is 0 Å². The van der Waals surface area contributed by atoms with Crippen molar-refractivity contribution in [2.24, 2.45) is 0 Å². The number of hydrogen-bond acceptors (Lipinski definition) is 2. The third kappa shape index (κ3) is 2.74. The Kier molecular flexibility index (Phi) is 3.43. The lowest BCUT2D eigenvalue weighted by molar-refractivity contribution is -0.111. The molecule has 94 valence electrons. The van der Waals surface area contributed by atoms with Crippen LogP contribution in [0.1, 0.15) is 23.3 Å². The van der Waals surface area contributed by atoms with Gasteiger partial charge in [0.05, 0.1) is 0 Å². The monoisotopic (exact) mass is 266 g/mol. The average Bonchev–Trinajstić information content (AvgIpc) is 3.05. The van der Waals surface area contributed by atoms with E-state index in [1.165, 1.54) is 0 Å². The average molecular weight is 266 g/mol. The van der Waals surface area contributed by atoms with E-state index in [2.05, 4.69) is 0 Å². The molecule has 0 N–H and O–H groups in total. The molecule has 0 unspecified atom stereocenters. The number of ketones is 1. The highest BCUT2D eigenvalue weighted by Gasteiger charge is 2.22. The molecule has 0 amide bonds. The van der Waals surface area contributed by atoms with E-state index in [4.69, 9.17) is 0 Å². The van der Waals surface area contributed by atoms with Crippen LogP contribution >= 0.6 is 11.3 Å². The van der Waals surface area contributed by atoms with Gasteiger partial charge in [-0.05, 0) is 42.0 Å². The van der Waals surface area contributed by atoms with Gasteiger partial charge >= 0.3 is 0 Å². The van der Waals surface area contributed by atoms with Crippen molar-refractivity contribution >= 4 is 29.3 Å². The first-order valence-electron chi connectivity index (χ1n) is 6.37. The van der Waals surface area contributed by atoms with Gasteiger partial charge in [-0.2, -0.15) is 0 Å². The second kappa shape index (κ2) is 5.37. The van der Waals surface area contributed by atoms with E-state index in [0.717, 1.165) is 34.4 Å². The van der Waals surface area contributed by atoms with Crippen molar-refractivity contribution in [1.82, 2.24) is 0 Å². The summed E-state index contributed by atoms with van der Waals surface area (Å²) in [5, 5.41) is 2.03. The number of Topliss-reactive ketones (excluding diaryl/α,β-unsaturated/α-hetero) is 1. The fraction of sp³-hybridized carbons (Fsp3) is 0.118. The number of carbonyl (C=O) groups is 1. The van der Waals surface area contributed by atoms with Crippen molar-refractivity contribution in [3.05, 3.63) is 69.4 Å². The topological polar surface area (TPSA) is 17.1 Å². The van der Waals surface area contributed by atoms with E-state index in [1.54, 1.807) is 11.3 Å². The molecule has 1 aromatic heterocycles. The maximum absolute atomic E-state index is 12.3. The number of allylic oxidation sites excluding steroid dienone is 2. The largest absolute Gasteiger partial charge is 0.289 e. The maximum atomic E-state index is 12.3. The molecule has 1 fully saturated rings. The fourth-order valence-electron chi connectivity index (χ4n) is 2.27. The van der Waals surface area contributed by atoms with Gasteiger partial charge in [-0.25, -0.2) is 0 Å². The molecule has 2 heteroatoms. The summed E-state index contributed by atoms with van der Waals surface area (Å²) in [6, 6.07) is 14.1. The molecule has 0 spiro atoms. The molecule has 19 heavy (non-hydrogen) atoms. The highest BCUT2D eigenvalue weighted by molar-refractivity contribution is 7.10. The molecule has 0 saturated heterocycles. The molecule has 1 nitrogen and oxygen atoms in total. The highest BCUT2D eigenvalue weighted by Crippen LogP contribution is 2.30. The van der Waals surface area contributed by atoms with Gasteiger partial charge in [0, 0.05) is 16.0 Å². The van der Waals surface area contributed by atoms with E-state index in [1.807, 2.05) is 60.0 Å². The third-order valence-electron chi connectivity index (χ3n) is 3.25. The summed E-state index contributed by atoms with van der Waals surface area (Å²) in [6.45, 7) is 0. The lowest BCUT2D eigenvalue weighted by Crippen LogP contribution is -1.95. The Balaban J connectivity index is 1.85. The van der Waals surface area contributed by atoms with E-state index < -0.39 is 0 Å². The van der Waals surface area contributed by atoms with E-state index >= 15 is 0 Å². The van der Waals surface area contributed by atoms with Crippen LogP contribution in [-0.4, -0.2) is 5.78 Å². The third-order valence-corrected chi connectivity index (χ3v) is 4.07. The van der Waals surface area contributed by atoms with E-state index in [9.17, 15) is 4.79 Å². The summed E-state index contributed by atoms with van der Waals surface area (Å²) in [7, 11) is 0. The van der Waals surface area contributed by atoms with Gasteiger partial charge in [-0.3, -0.25) is 4.79 Å². The minimum Gasteiger partial charge on any atom is -0.289 e. The quantitative estimate of drug-likeness (QED) is 0.727. The van der Waals surface area contributed by atoms with Gasteiger partial charge in [0.25, 0.3) is 0 Å². The molecule has 1 aromatic carbocycles. The molecular weight excluding hydrogens is 252 g/mol. The van der Waals surface area contributed by atoms with Crippen LogP contribution in [0, 0.1) is 0 Å². The Hall–Kier alpha value is -1.93. The second-order valence-corrected chi connectivity index (χ2v) is 5.57.